The lowest BCUT2D eigenvalue weighted by Crippen LogP contribution is -2.50. The van der Waals surface area contributed by atoms with Gasteiger partial charge >= 0.3 is 5.97 Å². The molecule has 0 radical (unpaired) electrons. The minimum Gasteiger partial charge on any atom is -0.480 e. The Morgan fingerprint density at radius 3 is 1.93 bits per heavy atom. The van der Waals surface area contributed by atoms with E-state index in [0.717, 1.165) is 102 Å². The van der Waals surface area contributed by atoms with Crippen LogP contribution in [0.2, 0.25) is 0 Å². The third-order valence-electron chi connectivity index (χ3n) is 7.78. The van der Waals surface area contributed by atoms with E-state index in [9.17, 15) is 32.3 Å². The number of piperidine rings is 2. The molecule has 40 heavy (non-hydrogen) atoms. The molecule has 1 aromatic carbocycles. The monoisotopic (exact) mass is 583 g/mol. The van der Waals surface area contributed by atoms with Crippen LogP contribution in [0.3, 0.4) is 0 Å². The SMILES string of the molecule is O=C(CNC(=O)C(CCC1CCNCC1)CCC1CCNCC1)NCC(NS(=O)(=O)c1ccc(F)cc1)C(=O)O. The van der Waals surface area contributed by atoms with Crippen LogP contribution in [0.5, 0.6) is 0 Å². The Hall–Kier alpha value is -2.61. The number of halogens is 1. The number of rotatable bonds is 15. The van der Waals surface area contributed by atoms with Crippen molar-refractivity contribution in [2.75, 3.05) is 39.3 Å². The zero-order valence-corrected chi connectivity index (χ0v) is 23.6. The molecular formula is C27H42FN5O6S. The predicted octanol–water partition coefficient (Wildman–Crippen LogP) is 0.965. The molecule has 2 aliphatic rings. The number of hydrogen-bond donors (Lipinski definition) is 6. The lowest BCUT2D eigenvalue weighted by Gasteiger charge is -2.27. The van der Waals surface area contributed by atoms with Crippen molar-refractivity contribution >= 4 is 27.8 Å². The van der Waals surface area contributed by atoms with Gasteiger partial charge in [0.25, 0.3) is 0 Å². The Balaban J connectivity index is 1.49. The fourth-order valence-corrected chi connectivity index (χ4v) is 6.45. The molecule has 6 N–H and O–H groups in total. The summed E-state index contributed by atoms with van der Waals surface area (Å²) >= 11 is 0. The Morgan fingerprint density at radius 1 is 0.900 bits per heavy atom. The topological polar surface area (TPSA) is 166 Å². The van der Waals surface area contributed by atoms with Gasteiger partial charge in [-0.25, -0.2) is 12.8 Å². The van der Waals surface area contributed by atoms with Crippen molar-refractivity contribution in [3.8, 4) is 0 Å². The van der Waals surface area contributed by atoms with E-state index in [2.05, 4.69) is 21.3 Å². The first-order chi connectivity index (χ1) is 19.1. The highest BCUT2D eigenvalue weighted by Crippen LogP contribution is 2.26. The molecule has 0 aliphatic carbocycles. The molecule has 2 saturated heterocycles. The van der Waals surface area contributed by atoms with Crippen molar-refractivity contribution in [2.45, 2.75) is 62.3 Å². The highest BCUT2D eigenvalue weighted by atomic mass is 32.2. The zero-order chi connectivity index (χ0) is 29.0. The maximum absolute atomic E-state index is 13.1. The third-order valence-corrected chi connectivity index (χ3v) is 9.27. The molecule has 0 bridgehead atoms. The smallest absolute Gasteiger partial charge is 0.323 e. The number of carbonyl (C=O) groups is 3. The van der Waals surface area contributed by atoms with Gasteiger partial charge in [0.05, 0.1) is 11.4 Å². The molecule has 0 aromatic heterocycles. The molecule has 13 heteroatoms. The minimum absolute atomic E-state index is 0.190. The lowest BCUT2D eigenvalue weighted by molar-refractivity contribution is -0.139. The minimum atomic E-state index is -4.26. The Labute approximate surface area is 235 Å². The van der Waals surface area contributed by atoms with E-state index in [0.29, 0.717) is 11.8 Å². The second kappa shape index (κ2) is 16.0. The molecule has 2 aliphatic heterocycles. The van der Waals surface area contributed by atoms with Crippen molar-refractivity contribution in [1.29, 1.82) is 0 Å². The summed E-state index contributed by atoms with van der Waals surface area (Å²) in [5.41, 5.74) is 0. The van der Waals surface area contributed by atoms with Gasteiger partial charge in [-0.05, 0) is 114 Å². The van der Waals surface area contributed by atoms with Crippen LogP contribution in [-0.2, 0) is 24.4 Å². The fraction of sp³-hybridized carbons (Fsp3) is 0.667. The highest BCUT2D eigenvalue weighted by Gasteiger charge is 2.27. The van der Waals surface area contributed by atoms with E-state index in [-0.39, 0.29) is 23.3 Å². The van der Waals surface area contributed by atoms with Gasteiger partial charge in [0.2, 0.25) is 21.8 Å². The Kier molecular flexibility index (Phi) is 12.8. The van der Waals surface area contributed by atoms with E-state index in [1.807, 2.05) is 4.72 Å². The maximum Gasteiger partial charge on any atom is 0.323 e. The van der Waals surface area contributed by atoms with Gasteiger partial charge in [0.15, 0.2) is 0 Å². The standard InChI is InChI=1S/C27H42FN5O6S/c28-22-5-7-23(8-6-22)40(38,39)33-24(27(36)37)17-31-25(34)18-32-26(35)21(3-1-19-9-13-29-14-10-19)4-2-20-11-15-30-16-12-20/h5-8,19-21,24,29-30,33H,1-4,9-18H2,(H,31,34)(H,32,35)(H,36,37). The number of nitrogens with one attached hydrogen (secondary N) is 5. The summed E-state index contributed by atoms with van der Waals surface area (Å²) in [5, 5.41) is 21.2. The number of hydrogen-bond acceptors (Lipinski definition) is 7. The summed E-state index contributed by atoms with van der Waals surface area (Å²) in [6.45, 7) is 3.11. The van der Waals surface area contributed by atoms with Crippen molar-refractivity contribution in [2.24, 2.45) is 17.8 Å². The van der Waals surface area contributed by atoms with Crippen LogP contribution < -0.4 is 26.0 Å². The third kappa shape index (κ3) is 10.8. The maximum atomic E-state index is 13.1. The quantitative estimate of drug-likeness (QED) is 0.178. The summed E-state index contributed by atoms with van der Waals surface area (Å²) in [6, 6.07) is 2.26. The lowest BCUT2D eigenvalue weighted by atomic mass is 9.84. The number of carboxylic acid groups (broad SMARTS) is 1. The van der Waals surface area contributed by atoms with Gasteiger partial charge in [0, 0.05) is 12.5 Å². The van der Waals surface area contributed by atoms with E-state index >= 15 is 0 Å². The normalized spacial score (nSPS) is 17.9. The summed E-state index contributed by atoms with van der Waals surface area (Å²) in [7, 11) is -4.26. The Bertz CT molecular complexity index is 1050. The molecule has 2 heterocycles. The van der Waals surface area contributed by atoms with Crippen LogP contribution in [0.25, 0.3) is 0 Å². The fourth-order valence-electron chi connectivity index (χ4n) is 5.26. The van der Waals surface area contributed by atoms with Crippen molar-refractivity contribution in [3.63, 3.8) is 0 Å². The molecule has 0 saturated carbocycles. The van der Waals surface area contributed by atoms with Crippen LogP contribution in [0.15, 0.2) is 29.2 Å². The second-order valence-corrected chi connectivity index (χ2v) is 12.4. The molecule has 1 aromatic rings. The van der Waals surface area contributed by atoms with E-state index in [1.165, 1.54) is 0 Å². The van der Waals surface area contributed by atoms with E-state index in [4.69, 9.17) is 0 Å². The Morgan fingerprint density at radius 2 is 1.43 bits per heavy atom. The van der Waals surface area contributed by atoms with Crippen molar-refractivity contribution in [1.82, 2.24) is 26.0 Å². The highest BCUT2D eigenvalue weighted by molar-refractivity contribution is 7.89. The molecule has 1 unspecified atom stereocenters. The number of aliphatic carboxylic acids is 1. The van der Waals surface area contributed by atoms with Crippen LogP contribution in [0, 0.1) is 23.6 Å². The van der Waals surface area contributed by atoms with E-state index < -0.39 is 40.3 Å². The van der Waals surface area contributed by atoms with Crippen LogP contribution in [0.1, 0.15) is 51.4 Å². The summed E-state index contributed by atoms with van der Waals surface area (Å²) in [6.07, 6.45) is 7.84. The molecule has 3 rings (SSSR count). The number of sulfonamides is 1. The zero-order valence-electron chi connectivity index (χ0n) is 22.8. The van der Waals surface area contributed by atoms with Gasteiger partial charge < -0.3 is 26.4 Å². The molecule has 11 nitrogen and oxygen atoms in total. The molecule has 1 atom stereocenters. The van der Waals surface area contributed by atoms with Gasteiger partial charge in [0.1, 0.15) is 11.9 Å². The summed E-state index contributed by atoms with van der Waals surface area (Å²) < 4.78 is 40.1. The first-order valence-electron chi connectivity index (χ1n) is 14.1. The molecule has 0 spiro atoms. The van der Waals surface area contributed by atoms with Crippen LogP contribution in [-0.4, -0.2) is 76.6 Å². The van der Waals surface area contributed by atoms with Gasteiger partial charge in [-0.2, -0.15) is 4.72 Å². The van der Waals surface area contributed by atoms with Gasteiger partial charge in [-0.1, -0.05) is 0 Å². The number of benzene rings is 1. The number of carbonyl (C=O) groups excluding carboxylic acids is 2. The van der Waals surface area contributed by atoms with Crippen LogP contribution in [0.4, 0.5) is 4.39 Å². The first kappa shape index (κ1) is 31.9. The predicted molar refractivity (Wildman–Crippen MR) is 147 cm³/mol. The van der Waals surface area contributed by atoms with Crippen molar-refractivity contribution < 1.29 is 32.3 Å². The van der Waals surface area contributed by atoms with Crippen molar-refractivity contribution in [3.05, 3.63) is 30.1 Å². The van der Waals surface area contributed by atoms with Crippen LogP contribution >= 0.6 is 0 Å². The van der Waals surface area contributed by atoms with Gasteiger partial charge in [-0.3, -0.25) is 14.4 Å². The summed E-state index contributed by atoms with van der Waals surface area (Å²) in [5.74, 6) is -1.97. The first-order valence-corrected chi connectivity index (χ1v) is 15.6. The number of carboxylic acids is 1. The number of amides is 2. The second-order valence-electron chi connectivity index (χ2n) is 10.7. The van der Waals surface area contributed by atoms with Gasteiger partial charge in [-0.15, -0.1) is 0 Å². The average Bonchev–Trinajstić information content (AvgIpc) is 2.95. The molecular weight excluding hydrogens is 541 g/mol. The molecule has 224 valence electrons. The largest absolute Gasteiger partial charge is 0.480 e. The summed E-state index contributed by atoms with van der Waals surface area (Å²) in [4.78, 5) is 36.8. The average molecular weight is 584 g/mol. The van der Waals surface area contributed by atoms with E-state index in [1.54, 1.807) is 0 Å². The molecule has 2 amide bonds. The molecule has 2 fully saturated rings.